The van der Waals surface area contributed by atoms with Crippen molar-refractivity contribution in [2.75, 3.05) is 18.1 Å². The third-order valence-electron chi connectivity index (χ3n) is 3.74. The maximum Gasteiger partial charge on any atom is 0.262 e. The van der Waals surface area contributed by atoms with Gasteiger partial charge in [0.15, 0.2) is 9.84 Å². The van der Waals surface area contributed by atoms with Crippen LogP contribution in [0.1, 0.15) is 20.7 Å². The second-order valence-corrected chi connectivity index (χ2v) is 7.54. The molecule has 0 aliphatic carbocycles. The van der Waals surface area contributed by atoms with Gasteiger partial charge in [0.1, 0.15) is 6.54 Å². The van der Waals surface area contributed by atoms with Crippen LogP contribution >= 0.6 is 0 Å². The average molecular weight is 358 g/mol. The van der Waals surface area contributed by atoms with Crippen LogP contribution < -0.4 is 5.32 Å². The summed E-state index contributed by atoms with van der Waals surface area (Å²) in [6.45, 7) is -0.496. The van der Waals surface area contributed by atoms with E-state index < -0.39 is 34.1 Å². The molecular weight excluding hydrogens is 344 g/mol. The summed E-state index contributed by atoms with van der Waals surface area (Å²) < 4.78 is 23.5. The molecule has 0 saturated carbocycles. The molecule has 3 amide bonds. The summed E-state index contributed by atoms with van der Waals surface area (Å²) in [4.78, 5) is 37.5. The molecule has 7 nitrogen and oxygen atoms in total. The lowest BCUT2D eigenvalue weighted by atomic mass is 10.1. The van der Waals surface area contributed by atoms with Gasteiger partial charge >= 0.3 is 0 Å². The van der Waals surface area contributed by atoms with E-state index in [1.54, 1.807) is 18.2 Å². The number of sulfone groups is 1. The van der Waals surface area contributed by atoms with Crippen molar-refractivity contribution in [1.82, 2.24) is 4.90 Å². The van der Waals surface area contributed by atoms with Crippen molar-refractivity contribution in [3.05, 3.63) is 59.7 Å². The van der Waals surface area contributed by atoms with Gasteiger partial charge < -0.3 is 5.32 Å². The molecule has 0 radical (unpaired) electrons. The van der Waals surface area contributed by atoms with Crippen LogP contribution in [0.25, 0.3) is 0 Å². The predicted octanol–water partition coefficient (Wildman–Crippen LogP) is 1.32. The summed E-state index contributed by atoms with van der Waals surface area (Å²) in [6.07, 6.45) is 1.03. The molecule has 0 atom stereocenters. The summed E-state index contributed by atoms with van der Waals surface area (Å²) in [5.74, 6) is -1.76. The molecule has 1 N–H and O–H groups in total. The molecule has 2 aromatic rings. The summed E-state index contributed by atoms with van der Waals surface area (Å²) in [5, 5.41) is 2.45. The van der Waals surface area contributed by atoms with Crippen LogP contribution in [0.4, 0.5) is 5.69 Å². The minimum Gasteiger partial charge on any atom is -0.323 e. The number of benzene rings is 2. The van der Waals surface area contributed by atoms with Crippen LogP contribution in [0, 0.1) is 0 Å². The molecule has 1 aliphatic rings. The van der Waals surface area contributed by atoms with Gasteiger partial charge in [-0.15, -0.1) is 0 Å². The van der Waals surface area contributed by atoms with E-state index in [9.17, 15) is 22.8 Å². The topological polar surface area (TPSA) is 101 Å². The Balaban J connectivity index is 1.80. The first-order valence-electron chi connectivity index (χ1n) is 7.33. The van der Waals surface area contributed by atoms with Gasteiger partial charge in [-0.25, -0.2) is 8.42 Å². The number of hydrogen-bond acceptors (Lipinski definition) is 5. The van der Waals surface area contributed by atoms with E-state index in [0.717, 1.165) is 11.2 Å². The third kappa shape index (κ3) is 3.16. The van der Waals surface area contributed by atoms with Gasteiger partial charge in [0, 0.05) is 6.26 Å². The molecule has 2 aromatic carbocycles. The SMILES string of the molecule is CS(=O)(=O)c1ccccc1NC(=O)CN1C(=O)c2ccccc2C1=O. The summed E-state index contributed by atoms with van der Waals surface area (Å²) in [5.41, 5.74) is 0.597. The van der Waals surface area contributed by atoms with E-state index in [0.29, 0.717) is 0 Å². The molecule has 1 heterocycles. The number of nitrogens with one attached hydrogen (secondary N) is 1. The Morgan fingerprint density at radius 3 is 2.04 bits per heavy atom. The van der Waals surface area contributed by atoms with Crippen molar-refractivity contribution in [1.29, 1.82) is 0 Å². The van der Waals surface area contributed by atoms with E-state index in [2.05, 4.69) is 5.32 Å². The van der Waals surface area contributed by atoms with Gasteiger partial charge in [-0.3, -0.25) is 19.3 Å². The lowest BCUT2D eigenvalue weighted by Gasteiger charge is -2.15. The van der Waals surface area contributed by atoms with Crippen molar-refractivity contribution in [3.63, 3.8) is 0 Å². The molecule has 0 spiro atoms. The number of hydrogen-bond donors (Lipinski definition) is 1. The van der Waals surface area contributed by atoms with Crippen molar-refractivity contribution in [2.45, 2.75) is 4.90 Å². The molecule has 0 unspecified atom stereocenters. The third-order valence-corrected chi connectivity index (χ3v) is 4.90. The van der Waals surface area contributed by atoms with Crippen LogP contribution in [-0.4, -0.2) is 43.8 Å². The Kier molecular flexibility index (Phi) is 4.13. The number of nitrogens with zero attached hydrogens (tertiary/aromatic N) is 1. The van der Waals surface area contributed by atoms with Gasteiger partial charge in [0.25, 0.3) is 11.8 Å². The van der Waals surface area contributed by atoms with Crippen molar-refractivity contribution in [3.8, 4) is 0 Å². The maximum atomic E-state index is 12.3. The number of rotatable bonds is 4. The summed E-state index contributed by atoms with van der Waals surface area (Å²) in [7, 11) is -3.53. The number of carbonyl (C=O) groups excluding carboxylic acids is 3. The molecule has 0 saturated heterocycles. The van der Waals surface area contributed by atoms with Gasteiger partial charge in [0.05, 0.1) is 21.7 Å². The van der Waals surface area contributed by atoms with E-state index in [4.69, 9.17) is 0 Å². The van der Waals surface area contributed by atoms with E-state index in [1.165, 1.54) is 30.3 Å². The molecule has 8 heteroatoms. The van der Waals surface area contributed by atoms with Crippen LogP contribution in [0.3, 0.4) is 0 Å². The lowest BCUT2D eigenvalue weighted by molar-refractivity contribution is -0.116. The first-order chi connectivity index (χ1) is 11.8. The zero-order valence-corrected chi connectivity index (χ0v) is 14.0. The molecule has 0 bridgehead atoms. The average Bonchev–Trinajstić information content (AvgIpc) is 2.80. The maximum absolute atomic E-state index is 12.3. The predicted molar refractivity (Wildman–Crippen MR) is 90.0 cm³/mol. The fourth-order valence-electron chi connectivity index (χ4n) is 2.61. The highest BCUT2D eigenvalue weighted by Gasteiger charge is 2.36. The summed E-state index contributed by atoms with van der Waals surface area (Å²) in [6, 6.07) is 12.2. The molecule has 128 valence electrons. The summed E-state index contributed by atoms with van der Waals surface area (Å²) >= 11 is 0. The smallest absolute Gasteiger partial charge is 0.262 e. The van der Waals surface area contributed by atoms with Gasteiger partial charge in [-0.05, 0) is 24.3 Å². The Bertz CT molecular complexity index is 963. The van der Waals surface area contributed by atoms with E-state index >= 15 is 0 Å². The largest absolute Gasteiger partial charge is 0.323 e. The minimum atomic E-state index is -3.53. The first-order valence-corrected chi connectivity index (χ1v) is 9.22. The van der Waals surface area contributed by atoms with Gasteiger partial charge in [-0.1, -0.05) is 24.3 Å². The van der Waals surface area contributed by atoms with Crippen molar-refractivity contribution >= 4 is 33.2 Å². The Hall–Kier alpha value is -3.00. The first kappa shape index (κ1) is 16.8. The molecule has 3 rings (SSSR count). The van der Waals surface area contributed by atoms with Crippen LogP contribution in [0.2, 0.25) is 0 Å². The Morgan fingerprint density at radius 2 is 1.48 bits per heavy atom. The fourth-order valence-corrected chi connectivity index (χ4v) is 3.45. The molecular formula is C17H14N2O5S. The number of anilines is 1. The quantitative estimate of drug-likeness (QED) is 0.831. The highest BCUT2D eigenvalue weighted by atomic mass is 32.2. The normalized spacial score (nSPS) is 13.7. The van der Waals surface area contributed by atoms with Gasteiger partial charge in [-0.2, -0.15) is 0 Å². The Labute approximate surface area is 144 Å². The Morgan fingerprint density at radius 1 is 0.960 bits per heavy atom. The monoisotopic (exact) mass is 358 g/mol. The fraction of sp³-hybridized carbons (Fsp3) is 0.118. The highest BCUT2D eigenvalue weighted by molar-refractivity contribution is 7.90. The molecule has 25 heavy (non-hydrogen) atoms. The lowest BCUT2D eigenvalue weighted by Crippen LogP contribution is -2.37. The zero-order valence-electron chi connectivity index (χ0n) is 13.2. The number of amides is 3. The standard InChI is InChI=1S/C17H14N2O5S/c1-25(23,24)14-9-5-4-8-13(14)18-15(20)10-19-16(21)11-6-2-3-7-12(11)17(19)22/h2-9H,10H2,1H3,(H,18,20). The van der Waals surface area contributed by atoms with E-state index in [-0.39, 0.29) is 21.7 Å². The van der Waals surface area contributed by atoms with Crippen molar-refractivity contribution in [2.24, 2.45) is 0 Å². The molecule has 0 aromatic heterocycles. The van der Waals surface area contributed by atoms with Gasteiger partial charge in [0.2, 0.25) is 5.91 Å². The van der Waals surface area contributed by atoms with Crippen molar-refractivity contribution < 1.29 is 22.8 Å². The molecule has 1 aliphatic heterocycles. The van der Waals surface area contributed by atoms with Crippen LogP contribution in [0.5, 0.6) is 0 Å². The number of carbonyl (C=O) groups is 3. The second kappa shape index (κ2) is 6.14. The van der Waals surface area contributed by atoms with E-state index in [1.807, 2.05) is 0 Å². The number of para-hydroxylation sites is 1. The van der Waals surface area contributed by atoms with Crippen LogP contribution in [-0.2, 0) is 14.6 Å². The second-order valence-electron chi connectivity index (χ2n) is 5.56. The number of imide groups is 1. The highest BCUT2D eigenvalue weighted by Crippen LogP contribution is 2.23. The zero-order chi connectivity index (χ0) is 18.2. The minimum absolute atomic E-state index is 0.0364. The van der Waals surface area contributed by atoms with Crippen LogP contribution in [0.15, 0.2) is 53.4 Å². The molecule has 0 fully saturated rings. The number of fused-ring (bicyclic) bond motifs is 1.